The zero-order valence-electron chi connectivity index (χ0n) is 16.6. The van der Waals surface area contributed by atoms with Gasteiger partial charge in [-0.25, -0.2) is 4.79 Å². The maximum Gasteiger partial charge on any atom is 0.407 e. The predicted octanol–water partition coefficient (Wildman–Crippen LogP) is 2.98. The number of nitrogens with zero attached hydrogens (tertiary/aromatic N) is 1. The fraction of sp³-hybridized carbons (Fsp3) is 0.550. The zero-order valence-corrected chi connectivity index (χ0v) is 17.3. The molecule has 0 saturated carbocycles. The summed E-state index contributed by atoms with van der Waals surface area (Å²) in [6, 6.07) is 6.93. The molecular weight excluding hydrogens is 382 g/mol. The van der Waals surface area contributed by atoms with E-state index in [1.165, 1.54) is 0 Å². The van der Waals surface area contributed by atoms with E-state index in [2.05, 4.69) is 10.6 Å². The SMILES string of the molecule is CC(C)(C)OC(=O)NCCC(=O)NC1CCN(C(=O)c2cccc(Cl)c2)CC1. The second-order valence-corrected chi connectivity index (χ2v) is 8.26. The van der Waals surface area contributed by atoms with Crippen LogP contribution in [0.2, 0.25) is 5.02 Å². The molecule has 154 valence electrons. The molecule has 0 radical (unpaired) electrons. The van der Waals surface area contributed by atoms with Gasteiger partial charge in [-0.2, -0.15) is 0 Å². The lowest BCUT2D eigenvalue weighted by atomic mass is 10.0. The van der Waals surface area contributed by atoms with Crippen LogP contribution in [0.25, 0.3) is 0 Å². The lowest BCUT2D eigenvalue weighted by Crippen LogP contribution is -2.47. The van der Waals surface area contributed by atoms with Crippen molar-refractivity contribution in [3.05, 3.63) is 34.9 Å². The molecule has 7 nitrogen and oxygen atoms in total. The van der Waals surface area contributed by atoms with Crippen LogP contribution < -0.4 is 10.6 Å². The summed E-state index contributed by atoms with van der Waals surface area (Å²) in [5, 5.41) is 6.06. The third-order valence-corrected chi connectivity index (χ3v) is 4.47. The molecule has 1 aliphatic heterocycles. The molecule has 1 aliphatic rings. The summed E-state index contributed by atoms with van der Waals surface area (Å²) in [5.41, 5.74) is 0.00577. The van der Waals surface area contributed by atoms with Crippen molar-refractivity contribution in [2.45, 2.75) is 51.7 Å². The van der Waals surface area contributed by atoms with E-state index in [0.717, 1.165) is 0 Å². The first kappa shape index (κ1) is 22.0. The normalized spacial score (nSPS) is 15.1. The van der Waals surface area contributed by atoms with Gasteiger partial charge in [-0.15, -0.1) is 0 Å². The third-order valence-electron chi connectivity index (χ3n) is 4.24. The van der Waals surface area contributed by atoms with Crippen molar-refractivity contribution in [1.29, 1.82) is 0 Å². The monoisotopic (exact) mass is 409 g/mol. The maximum atomic E-state index is 12.5. The number of halogens is 1. The highest BCUT2D eigenvalue weighted by Gasteiger charge is 2.24. The highest BCUT2D eigenvalue weighted by molar-refractivity contribution is 6.30. The lowest BCUT2D eigenvalue weighted by molar-refractivity contribution is -0.121. The summed E-state index contributed by atoms with van der Waals surface area (Å²) in [4.78, 5) is 37.9. The highest BCUT2D eigenvalue weighted by Crippen LogP contribution is 2.17. The second-order valence-electron chi connectivity index (χ2n) is 7.82. The molecule has 0 aromatic heterocycles. The van der Waals surface area contributed by atoms with Crippen LogP contribution in [0, 0.1) is 0 Å². The van der Waals surface area contributed by atoms with Gasteiger partial charge in [-0.05, 0) is 51.8 Å². The largest absolute Gasteiger partial charge is 0.444 e. The molecule has 2 N–H and O–H groups in total. The summed E-state index contributed by atoms with van der Waals surface area (Å²) in [6.45, 7) is 6.71. The molecule has 1 aromatic carbocycles. The van der Waals surface area contributed by atoms with Crippen molar-refractivity contribution in [3.8, 4) is 0 Å². The zero-order chi connectivity index (χ0) is 20.7. The van der Waals surface area contributed by atoms with Gasteiger partial charge in [0.1, 0.15) is 5.60 Å². The lowest BCUT2D eigenvalue weighted by Gasteiger charge is -2.32. The molecule has 1 heterocycles. The maximum absolute atomic E-state index is 12.5. The first-order chi connectivity index (χ1) is 13.1. The first-order valence-electron chi connectivity index (χ1n) is 9.45. The van der Waals surface area contributed by atoms with Gasteiger partial charge >= 0.3 is 6.09 Å². The molecule has 1 aromatic rings. The van der Waals surface area contributed by atoms with E-state index in [0.29, 0.717) is 36.5 Å². The molecule has 0 spiro atoms. The van der Waals surface area contributed by atoms with Crippen LogP contribution in [-0.2, 0) is 9.53 Å². The number of carbonyl (C=O) groups excluding carboxylic acids is 3. The van der Waals surface area contributed by atoms with Crippen LogP contribution in [0.5, 0.6) is 0 Å². The molecule has 3 amide bonds. The summed E-state index contributed by atoms with van der Waals surface area (Å²) < 4.78 is 5.12. The Morgan fingerprint density at radius 3 is 2.50 bits per heavy atom. The van der Waals surface area contributed by atoms with Crippen molar-refractivity contribution >= 4 is 29.5 Å². The van der Waals surface area contributed by atoms with Gasteiger partial charge in [-0.3, -0.25) is 9.59 Å². The minimum absolute atomic E-state index is 0.0254. The van der Waals surface area contributed by atoms with Crippen LogP contribution in [0.3, 0.4) is 0 Å². The Labute approximate surface area is 170 Å². The Balaban J connectivity index is 1.68. The standard InChI is InChI=1S/C20H28ClN3O4/c1-20(2,3)28-19(27)22-10-7-17(25)23-16-8-11-24(12-9-16)18(26)14-5-4-6-15(21)13-14/h4-6,13,16H,7-12H2,1-3H3,(H,22,27)(H,23,25). The number of carbonyl (C=O) groups is 3. The Morgan fingerprint density at radius 1 is 1.21 bits per heavy atom. The number of piperidine rings is 1. The van der Waals surface area contributed by atoms with E-state index >= 15 is 0 Å². The second kappa shape index (κ2) is 9.78. The van der Waals surface area contributed by atoms with Crippen LogP contribution >= 0.6 is 11.6 Å². The van der Waals surface area contributed by atoms with E-state index < -0.39 is 11.7 Å². The molecule has 0 unspecified atom stereocenters. The number of benzene rings is 1. The van der Waals surface area contributed by atoms with Gasteiger partial charge < -0.3 is 20.3 Å². The minimum atomic E-state index is -0.567. The van der Waals surface area contributed by atoms with E-state index in [4.69, 9.17) is 16.3 Å². The number of nitrogens with one attached hydrogen (secondary N) is 2. The molecule has 0 bridgehead atoms. The number of ether oxygens (including phenoxy) is 1. The predicted molar refractivity (Wildman–Crippen MR) is 107 cm³/mol. The highest BCUT2D eigenvalue weighted by atomic mass is 35.5. The quantitative estimate of drug-likeness (QED) is 0.782. The van der Waals surface area contributed by atoms with Crippen LogP contribution in [0.1, 0.15) is 50.4 Å². The molecule has 1 saturated heterocycles. The third kappa shape index (κ3) is 7.38. The average Bonchev–Trinajstić information content (AvgIpc) is 2.60. The fourth-order valence-corrected chi connectivity index (χ4v) is 3.11. The van der Waals surface area contributed by atoms with Gasteiger partial charge in [0.15, 0.2) is 0 Å². The Morgan fingerprint density at radius 2 is 1.89 bits per heavy atom. The molecular formula is C20H28ClN3O4. The first-order valence-corrected chi connectivity index (χ1v) is 9.83. The molecule has 2 rings (SSSR count). The Bertz CT molecular complexity index is 710. The van der Waals surface area contributed by atoms with E-state index in [1.807, 2.05) is 0 Å². The van der Waals surface area contributed by atoms with Gasteiger partial charge in [-0.1, -0.05) is 17.7 Å². The van der Waals surface area contributed by atoms with Crippen molar-refractivity contribution in [1.82, 2.24) is 15.5 Å². The topological polar surface area (TPSA) is 87.7 Å². The number of hydrogen-bond acceptors (Lipinski definition) is 4. The summed E-state index contributed by atoms with van der Waals surface area (Å²) in [5.74, 6) is -0.176. The van der Waals surface area contributed by atoms with E-state index in [1.54, 1.807) is 49.9 Å². The van der Waals surface area contributed by atoms with Crippen molar-refractivity contribution in [2.24, 2.45) is 0 Å². The fourth-order valence-electron chi connectivity index (χ4n) is 2.92. The van der Waals surface area contributed by atoms with Gasteiger partial charge in [0.05, 0.1) is 0 Å². The number of hydrogen-bond donors (Lipinski definition) is 2. The number of likely N-dealkylation sites (tertiary alicyclic amines) is 1. The summed E-state index contributed by atoms with van der Waals surface area (Å²) in [7, 11) is 0. The minimum Gasteiger partial charge on any atom is -0.444 e. The molecule has 1 fully saturated rings. The summed E-state index contributed by atoms with van der Waals surface area (Å²) >= 11 is 5.95. The van der Waals surface area contributed by atoms with Crippen LogP contribution in [-0.4, -0.2) is 54.1 Å². The Kier molecular flexibility index (Phi) is 7.69. The van der Waals surface area contributed by atoms with Crippen LogP contribution in [0.4, 0.5) is 4.79 Å². The van der Waals surface area contributed by atoms with Crippen LogP contribution in [0.15, 0.2) is 24.3 Å². The molecule has 0 aliphatic carbocycles. The van der Waals surface area contributed by atoms with Crippen molar-refractivity contribution < 1.29 is 19.1 Å². The number of rotatable bonds is 5. The van der Waals surface area contributed by atoms with E-state index in [9.17, 15) is 14.4 Å². The Hall–Kier alpha value is -2.28. The number of amides is 3. The van der Waals surface area contributed by atoms with Crippen molar-refractivity contribution in [3.63, 3.8) is 0 Å². The van der Waals surface area contributed by atoms with Gasteiger partial charge in [0.2, 0.25) is 5.91 Å². The van der Waals surface area contributed by atoms with E-state index in [-0.39, 0.29) is 30.8 Å². The summed E-state index contributed by atoms with van der Waals surface area (Å²) in [6.07, 6.45) is 1.03. The number of alkyl carbamates (subject to hydrolysis) is 1. The van der Waals surface area contributed by atoms with Gasteiger partial charge in [0.25, 0.3) is 5.91 Å². The average molecular weight is 410 g/mol. The molecule has 8 heteroatoms. The van der Waals surface area contributed by atoms with Crippen molar-refractivity contribution in [2.75, 3.05) is 19.6 Å². The van der Waals surface area contributed by atoms with Gasteiger partial charge in [0, 0.05) is 42.7 Å². The molecule has 28 heavy (non-hydrogen) atoms. The smallest absolute Gasteiger partial charge is 0.407 e. The molecule has 0 atom stereocenters.